The van der Waals surface area contributed by atoms with Crippen LogP contribution in [0.1, 0.15) is 15.9 Å². The normalized spacial score (nSPS) is 10.2. The van der Waals surface area contributed by atoms with E-state index in [1.54, 1.807) is 24.4 Å². The number of nitrogens with zero attached hydrogens (tertiary/aromatic N) is 2. The molecule has 0 unspecified atom stereocenters. The van der Waals surface area contributed by atoms with E-state index in [-0.39, 0.29) is 5.91 Å². The van der Waals surface area contributed by atoms with Gasteiger partial charge in [0.1, 0.15) is 5.15 Å². The van der Waals surface area contributed by atoms with Gasteiger partial charge in [0.25, 0.3) is 5.91 Å². The molecule has 0 aliphatic rings. The molecule has 1 amide bonds. The van der Waals surface area contributed by atoms with E-state index < -0.39 is 0 Å². The fraction of sp³-hybridized carbons (Fsp3) is 0.200. The summed E-state index contributed by atoms with van der Waals surface area (Å²) in [4.78, 5) is 18.1. The Labute approximate surface area is 123 Å². The Morgan fingerprint density at radius 3 is 2.60 bits per heavy atom. The van der Waals surface area contributed by atoms with Crippen LogP contribution in [0.15, 0.2) is 36.5 Å². The lowest BCUT2D eigenvalue weighted by Gasteiger charge is -2.16. The minimum absolute atomic E-state index is 0.166. The third-order valence-corrected chi connectivity index (χ3v) is 3.13. The zero-order chi connectivity index (χ0) is 14.7. The number of carbonyl (C=O) groups is 1. The van der Waals surface area contributed by atoms with Gasteiger partial charge in [-0.1, -0.05) is 11.6 Å². The van der Waals surface area contributed by atoms with Gasteiger partial charge in [-0.3, -0.25) is 4.79 Å². The predicted octanol–water partition coefficient (Wildman–Crippen LogP) is 3.36. The number of halogens is 1. The van der Waals surface area contributed by atoms with Crippen molar-refractivity contribution in [1.82, 2.24) is 4.98 Å². The SMILES string of the molecule is Cc1cc(C(=O)Nc2ccnc(Cl)c2)ccc1N(C)C. The van der Waals surface area contributed by atoms with E-state index in [4.69, 9.17) is 11.6 Å². The van der Waals surface area contributed by atoms with E-state index in [1.807, 2.05) is 38.1 Å². The number of anilines is 2. The summed E-state index contributed by atoms with van der Waals surface area (Å²) in [6.45, 7) is 1.98. The maximum Gasteiger partial charge on any atom is 0.255 e. The van der Waals surface area contributed by atoms with E-state index in [2.05, 4.69) is 10.3 Å². The summed E-state index contributed by atoms with van der Waals surface area (Å²) in [6, 6.07) is 8.92. The highest BCUT2D eigenvalue weighted by molar-refractivity contribution is 6.29. The Morgan fingerprint density at radius 2 is 2.00 bits per heavy atom. The van der Waals surface area contributed by atoms with E-state index >= 15 is 0 Å². The van der Waals surface area contributed by atoms with Crippen molar-refractivity contribution < 1.29 is 4.79 Å². The minimum Gasteiger partial charge on any atom is -0.377 e. The third kappa shape index (κ3) is 3.27. The largest absolute Gasteiger partial charge is 0.377 e. The summed E-state index contributed by atoms with van der Waals surface area (Å²) >= 11 is 5.79. The van der Waals surface area contributed by atoms with Gasteiger partial charge in [-0.25, -0.2) is 4.98 Å². The summed E-state index contributed by atoms with van der Waals surface area (Å²) < 4.78 is 0. The number of benzene rings is 1. The molecule has 5 heteroatoms. The van der Waals surface area contributed by atoms with Gasteiger partial charge in [-0.2, -0.15) is 0 Å². The van der Waals surface area contributed by atoms with Crippen molar-refractivity contribution in [3.63, 3.8) is 0 Å². The van der Waals surface area contributed by atoms with E-state index in [9.17, 15) is 4.79 Å². The topological polar surface area (TPSA) is 45.2 Å². The molecule has 1 N–H and O–H groups in total. The van der Waals surface area contributed by atoms with E-state index in [1.165, 1.54) is 0 Å². The highest BCUT2D eigenvalue weighted by atomic mass is 35.5. The van der Waals surface area contributed by atoms with Crippen LogP contribution in [0.2, 0.25) is 5.15 Å². The van der Waals surface area contributed by atoms with Crippen LogP contribution in [0.4, 0.5) is 11.4 Å². The molecule has 0 atom stereocenters. The van der Waals surface area contributed by atoms with Crippen LogP contribution in [-0.4, -0.2) is 25.0 Å². The van der Waals surface area contributed by atoms with Gasteiger partial charge in [0.15, 0.2) is 0 Å². The molecular formula is C15H16ClN3O. The number of pyridine rings is 1. The minimum atomic E-state index is -0.166. The van der Waals surface area contributed by atoms with E-state index in [0.717, 1.165) is 11.3 Å². The molecule has 0 aliphatic heterocycles. The second kappa shape index (κ2) is 5.92. The van der Waals surface area contributed by atoms with Crippen LogP contribution in [0.3, 0.4) is 0 Å². The molecule has 0 spiro atoms. The van der Waals surface area contributed by atoms with Crippen molar-refractivity contribution >= 4 is 28.9 Å². The van der Waals surface area contributed by atoms with Crippen molar-refractivity contribution in [2.75, 3.05) is 24.3 Å². The van der Waals surface area contributed by atoms with Crippen LogP contribution in [0.25, 0.3) is 0 Å². The maximum absolute atomic E-state index is 12.2. The number of hydrogen-bond donors (Lipinski definition) is 1. The fourth-order valence-electron chi connectivity index (χ4n) is 1.98. The maximum atomic E-state index is 12.2. The van der Waals surface area contributed by atoms with Gasteiger partial charge >= 0.3 is 0 Å². The van der Waals surface area contributed by atoms with Crippen LogP contribution in [0, 0.1) is 6.92 Å². The number of nitrogens with one attached hydrogen (secondary N) is 1. The molecule has 20 heavy (non-hydrogen) atoms. The van der Waals surface area contributed by atoms with Crippen molar-refractivity contribution in [1.29, 1.82) is 0 Å². The summed E-state index contributed by atoms with van der Waals surface area (Å²) in [6.07, 6.45) is 1.55. The quantitative estimate of drug-likeness (QED) is 0.881. The van der Waals surface area contributed by atoms with Gasteiger partial charge in [0, 0.05) is 37.2 Å². The number of hydrogen-bond acceptors (Lipinski definition) is 3. The summed E-state index contributed by atoms with van der Waals surface area (Å²) in [5.41, 5.74) is 3.38. The molecule has 1 aromatic heterocycles. The monoisotopic (exact) mass is 289 g/mol. The van der Waals surface area contributed by atoms with Crippen molar-refractivity contribution in [2.45, 2.75) is 6.92 Å². The second-order valence-corrected chi connectivity index (χ2v) is 5.10. The lowest BCUT2D eigenvalue weighted by molar-refractivity contribution is 0.102. The number of aryl methyl sites for hydroxylation is 1. The first kappa shape index (κ1) is 14.3. The van der Waals surface area contributed by atoms with Crippen LogP contribution >= 0.6 is 11.6 Å². The van der Waals surface area contributed by atoms with Crippen molar-refractivity contribution in [2.24, 2.45) is 0 Å². The lowest BCUT2D eigenvalue weighted by atomic mass is 10.1. The highest BCUT2D eigenvalue weighted by Crippen LogP contribution is 2.20. The molecule has 2 rings (SSSR count). The molecular weight excluding hydrogens is 274 g/mol. The zero-order valence-electron chi connectivity index (χ0n) is 11.6. The Kier molecular flexibility index (Phi) is 4.25. The first-order valence-electron chi connectivity index (χ1n) is 6.18. The van der Waals surface area contributed by atoms with Crippen molar-refractivity contribution in [3.8, 4) is 0 Å². The highest BCUT2D eigenvalue weighted by Gasteiger charge is 2.09. The molecule has 0 radical (unpaired) electrons. The van der Waals surface area contributed by atoms with Crippen LogP contribution in [-0.2, 0) is 0 Å². The first-order valence-corrected chi connectivity index (χ1v) is 6.56. The average molecular weight is 290 g/mol. The van der Waals surface area contributed by atoms with E-state index in [0.29, 0.717) is 16.4 Å². The second-order valence-electron chi connectivity index (χ2n) is 4.72. The number of rotatable bonds is 3. The standard InChI is InChI=1S/C15H16ClN3O/c1-10-8-11(4-5-13(10)19(2)3)15(20)18-12-6-7-17-14(16)9-12/h4-9H,1-3H3,(H,17,18,20). The number of aromatic nitrogens is 1. The van der Waals surface area contributed by atoms with Gasteiger partial charge in [-0.05, 0) is 42.8 Å². The molecule has 0 bridgehead atoms. The Hall–Kier alpha value is -2.07. The molecule has 0 fully saturated rings. The molecule has 0 saturated carbocycles. The van der Waals surface area contributed by atoms with Crippen LogP contribution < -0.4 is 10.2 Å². The molecule has 0 saturated heterocycles. The first-order chi connectivity index (χ1) is 9.47. The molecule has 1 aromatic carbocycles. The molecule has 1 heterocycles. The van der Waals surface area contributed by atoms with Gasteiger partial charge in [-0.15, -0.1) is 0 Å². The summed E-state index contributed by atoms with van der Waals surface area (Å²) in [7, 11) is 3.95. The number of amides is 1. The molecule has 104 valence electrons. The third-order valence-electron chi connectivity index (χ3n) is 2.93. The number of carbonyl (C=O) groups excluding carboxylic acids is 1. The van der Waals surface area contributed by atoms with Gasteiger partial charge < -0.3 is 10.2 Å². The van der Waals surface area contributed by atoms with Crippen molar-refractivity contribution in [3.05, 3.63) is 52.8 Å². The average Bonchev–Trinajstić information content (AvgIpc) is 2.38. The molecule has 2 aromatic rings. The Morgan fingerprint density at radius 1 is 1.25 bits per heavy atom. The van der Waals surface area contributed by atoms with Crippen LogP contribution in [0.5, 0.6) is 0 Å². The zero-order valence-corrected chi connectivity index (χ0v) is 12.4. The van der Waals surface area contributed by atoms with Gasteiger partial charge in [0.05, 0.1) is 0 Å². The molecule has 4 nitrogen and oxygen atoms in total. The Balaban J connectivity index is 2.19. The smallest absolute Gasteiger partial charge is 0.255 e. The molecule has 0 aliphatic carbocycles. The lowest BCUT2D eigenvalue weighted by Crippen LogP contribution is -2.14. The summed E-state index contributed by atoms with van der Waals surface area (Å²) in [5, 5.41) is 3.15. The van der Waals surface area contributed by atoms with Gasteiger partial charge in [0.2, 0.25) is 0 Å². The Bertz CT molecular complexity index is 641. The predicted molar refractivity (Wildman–Crippen MR) is 82.7 cm³/mol. The fourth-order valence-corrected chi connectivity index (χ4v) is 2.16. The summed E-state index contributed by atoms with van der Waals surface area (Å²) in [5.74, 6) is -0.166.